The third-order valence-electron chi connectivity index (χ3n) is 5.61. The molecule has 0 atom stereocenters. The lowest BCUT2D eigenvalue weighted by Crippen LogP contribution is -2.53. The number of hydrogen-bond donors (Lipinski definition) is 2. The average molecular weight is 373 g/mol. The highest BCUT2D eigenvalue weighted by atomic mass is 16.3. The number of nitrogens with zero attached hydrogens (tertiary/aromatic N) is 2. The molecule has 6 nitrogen and oxygen atoms in total. The molecule has 3 aromatic rings. The summed E-state index contributed by atoms with van der Waals surface area (Å²) >= 11 is 0. The van der Waals surface area contributed by atoms with E-state index in [0.29, 0.717) is 0 Å². The molecule has 2 aromatic carbocycles. The first-order valence-electron chi connectivity index (χ1n) is 9.30. The normalized spacial score (nSPS) is 15.9. The molecule has 1 aliphatic carbocycles. The summed E-state index contributed by atoms with van der Waals surface area (Å²) in [7, 11) is 0. The summed E-state index contributed by atoms with van der Waals surface area (Å²) in [4.78, 5) is 24.3. The fourth-order valence-corrected chi connectivity index (χ4v) is 4.29. The minimum Gasteiger partial charge on any atom is -0.502 e. The predicted molar refractivity (Wildman–Crippen MR) is 105 cm³/mol. The maximum Gasteiger partial charge on any atom is 0.275 e. The van der Waals surface area contributed by atoms with E-state index in [4.69, 9.17) is 0 Å². The van der Waals surface area contributed by atoms with Gasteiger partial charge in [0.2, 0.25) is 5.43 Å². The molecule has 2 N–H and O–H groups in total. The molecule has 0 saturated carbocycles. The lowest BCUT2D eigenvalue weighted by Gasteiger charge is -2.40. The zero-order chi connectivity index (χ0) is 19.3. The number of benzene rings is 2. The highest BCUT2D eigenvalue weighted by Gasteiger charge is 2.34. The summed E-state index contributed by atoms with van der Waals surface area (Å²) in [6.45, 7) is 0.265. The van der Waals surface area contributed by atoms with Gasteiger partial charge in [-0.1, -0.05) is 48.5 Å². The monoisotopic (exact) mass is 373 g/mol. The third kappa shape index (κ3) is 2.41. The molecule has 28 heavy (non-hydrogen) atoms. The van der Waals surface area contributed by atoms with Crippen molar-refractivity contribution in [3.8, 4) is 5.75 Å². The fraction of sp³-hybridized carbons (Fsp3) is 0.182. The van der Waals surface area contributed by atoms with E-state index in [1.165, 1.54) is 17.2 Å². The summed E-state index contributed by atoms with van der Waals surface area (Å²) in [5, 5.41) is 15.0. The van der Waals surface area contributed by atoms with E-state index in [1.807, 2.05) is 29.3 Å². The Balaban J connectivity index is 1.77. The standard InChI is InChI=1S/C22H19N3O3/c26-18-11-12-24-20(21(18)27)22(28)23-13-25(24)19-16-7-3-1-5-14(16)9-10-15-6-2-4-8-17(15)19/h1-8,11-12,19,27H,9-10,13H2,(H,23,28). The largest absolute Gasteiger partial charge is 0.502 e. The van der Waals surface area contributed by atoms with E-state index in [2.05, 4.69) is 29.6 Å². The highest BCUT2D eigenvalue weighted by molar-refractivity contribution is 5.96. The van der Waals surface area contributed by atoms with Crippen LogP contribution >= 0.6 is 0 Å². The van der Waals surface area contributed by atoms with E-state index >= 15 is 0 Å². The molecule has 0 unspecified atom stereocenters. The number of nitrogens with one attached hydrogen (secondary N) is 1. The zero-order valence-corrected chi connectivity index (χ0v) is 15.1. The Morgan fingerprint density at radius 3 is 2.14 bits per heavy atom. The van der Waals surface area contributed by atoms with Crippen LogP contribution in [0.4, 0.5) is 0 Å². The van der Waals surface area contributed by atoms with Gasteiger partial charge in [-0.25, -0.2) is 0 Å². The van der Waals surface area contributed by atoms with Crippen LogP contribution in [0.5, 0.6) is 5.75 Å². The smallest absolute Gasteiger partial charge is 0.275 e. The number of carbonyl (C=O) groups excluding carboxylic acids is 1. The molecule has 6 heteroatoms. The van der Waals surface area contributed by atoms with Crippen molar-refractivity contribution in [3.05, 3.63) is 99.0 Å². The summed E-state index contributed by atoms with van der Waals surface area (Å²) in [5.74, 6) is -0.985. The molecule has 1 amide bonds. The molecule has 1 aliphatic heterocycles. The molecule has 0 radical (unpaired) electrons. The summed E-state index contributed by atoms with van der Waals surface area (Å²) in [6, 6.07) is 17.8. The van der Waals surface area contributed by atoms with Crippen LogP contribution in [-0.4, -0.2) is 22.4 Å². The van der Waals surface area contributed by atoms with Gasteiger partial charge in [0.05, 0.1) is 6.04 Å². The van der Waals surface area contributed by atoms with Crippen LogP contribution in [0.1, 0.15) is 38.8 Å². The van der Waals surface area contributed by atoms with Gasteiger partial charge in [0.15, 0.2) is 11.4 Å². The van der Waals surface area contributed by atoms with Crippen molar-refractivity contribution in [1.29, 1.82) is 0 Å². The van der Waals surface area contributed by atoms with Crippen LogP contribution in [0.2, 0.25) is 0 Å². The van der Waals surface area contributed by atoms with Crippen molar-refractivity contribution < 1.29 is 9.90 Å². The van der Waals surface area contributed by atoms with E-state index in [9.17, 15) is 14.7 Å². The van der Waals surface area contributed by atoms with Gasteiger partial charge < -0.3 is 10.4 Å². The first-order chi connectivity index (χ1) is 13.6. The van der Waals surface area contributed by atoms with Gasteiger partial charge in [-0.3, -0.25) is 19.3 Å². The maximum absolute atomic E-state index is 12.4. The molecular formula is C22H19N3O3. The molecule has 2 aliphatic rings. The van der Waals surface area contributed by atoms with Gasteiger partial charge in [0.25, 0.3) is 5.91 Å². The van der Waals surface area contributed by atoms with E-state index in [0.717, 1.165) is 24.0 Å². The Morgan fingerprint density at radius 2 is 1.50 bits per heavy atom. The van der Waals surface area contributed by atoms with Crippen LogP contribution in [0, 0.1) is 0 Å². The Kier molecular flexibility index (Phi) is 3.72. The van der Waals surface area contributed by atoms with Crippen LogP contribution in [0.15, 0.2) is 65.6 Å². The molecule has 140 valence electrons. The van der Waals surface area contributed by atoms with Crippen molar-refractivity contribution in [2.24, 2.45) is 0 Å². The summed E-state index contributed by atoms with van der Waals surface area (Å²) in [5.41, 5.74) is 4.24. The predicted octanol–water partition coefficient (Wildman–Crippen LogP) is 2.08. The zero-order valence-electron chi connectivity index (χ0n) is 15.1. The van der Waals surface area contributed by atoms with Crippen molar-refractivity contribution in [2.45, 2.75) is 18.9 Å². The average Bonchev–Trinajstić information content (AvgIpc) is 2.88. The third-order valence-corrected chi connectivity index (χ3v) is 5.61. The fourth-order valence-electron chi connectivity index (χ4n) is 4.29. The van der Waals surface area contributed by atoms with Crippen LogP contribution in [0.25, 0.3) is 0 Å². The van der Waals surface area contributed by atoms with Gasteiger partial charge in [-0.15, -0.1) is 0 Å². The van der Waals surface area contributed by atoms with Gasteiger partial charge >= 0.3 is 0 Å². The van der Waals surface area contributed by atoms with Crippen LogP contribution in [0.3, 0.4) is 0 Å². The molecule has 0 saturated heterocycles. The van der Waals surface area contributed by atoms with E-state index in [-0.39, 0.29) is 18.4 Å². The van der Waals surface area contributed by atoms with Crippen molar-refractivity contribution in [3.63, 3.8) is 0 Å². The summed E-state index contributed by atoms with van der Waals surface area (Å²) in [6.07, 6.45) is 3.44. The highest BCUT2D eigenvalue weighted by Crippen LogP contribution is 2.37. The first kappa shape index (κ1) is 16.6. The van der Waals surface area contributed by atoms with Crippen molar-refractivity contribution in [2.75, 3.05) is 11.7 Å². The lowest BCUT2D eigenvalue weighted by molar-refractivity contribution is 0.0915. The molecule has 2 heterocycles. The molecule has 0 bridgehead atoms. The minimum absolute atomic E-state index is 0.0297. The van der Waals surface area contributed by atoms with Crippen LogP contribution < -0.4 is 15.8 Å². The van der Waals surface area contributed by atoms with Gasteiger partial charge in [0, 0.05) is 12.3 Å². The Morgan fingerprint density at radius 1 is 0.893 bits per heavy atom. The SMILES string of the molecule is O=C1NCN(C2c3ccccc3CCc3ccccc32)n2ccc(=O)c(O)c21. The second-order valence-corrected chi connectivity index (χ2v) is 7.13. The second-order valence-electron chi connectivity index (χ2n) is 7.13. The van der Waals surface area contributed by atoms with Gasteiger partial charge in [0.1, 0.15) is 6.67 Å². The number of pyridine rings is 1. The topological polar surface area (TPSA) is 74.6 Å². The maximum atomic E-state index is 12.4. The number of aryl methyl sites for hydroxylation is 2. The summed E-state index contributed by atoms with van der Waals surface area (Å²) < 4.78 is 1.61. The molecule has 1 aromatic heterocycles. The quantitative estimate of drug-likeness (QED) is 0.685. The van der Waals surface area contributed by atoms with Crippen molar-refractivity contribution >= 4 is 5.91 Å². The number of carbonyl (C=O) groups is 1. The molecule has 0 spiro atoms. The number of aromatic hydroxyl groups is 1. The number of hydrogen-bond acceptors (Lipinski definition) is 4. The van der Waals surface area contributed by atoms with Crippen molar-refractivity contribution in [1.82, 2.24) is 9.99 Å². The first-order valence-corrected chi connectivity index (χ1v) is 9.30. The van der Waals surface area contributed by atoms with E-state index in [1.54, 1.807) is 10.9 Å². The molecule has 5 rings (SSSR count). The van der Waals surface area contributed by atoms with Gasteiger partial charge in [-0.05, 0) is 35.1 Å². The molecule has 0 fully saturated rings. The number of rotatable bonds is 1. The van der Waals surface area contributed by atoms with Crippen LogP contribution in [-0.2, 0) is 12.8 Å². The van der Waals surface area contributed by atoms with E-state index < -0.39 is 17.1 Å². The number of aromatic nitrogens is 1. The van der Waals surface area contributed by atoms with Gasteiger partial charge in [-0.2, -0.15) is 0 Å². The Bertz CT molecular complexity index is 1100. The number of fused-ring (bicyclic) bond motifs is 3. The minimum atomic E-state index is -0.565. The molecular weight excluding hydrogens is 354 g/mol. The Hall–Kier alpha value is -3.54. The Labute approximate surface area is 161 Å². The number of amides is 1. The lowest BCUT2D eigenvalue weighted by atomic mass is 9.94. The second kappa shape index (κ2) is 6.27.